The highest BCUT2D eigenvalue weighted by Gasteiger charge is 2.43. The second-order valence-corrected chi connectivity index (χ2v) is 4.68. The molecule has 1 atom stereocenters. The van der Waals surface area contributed by atoms with Crippen molar-refractivity contribution in [2.75, 3.05) is 11.9 Å². The third kappa shape index (κ3) is 1.80. The number of hydrogen-bond acceptors (Lipinski definition) is 4. The first-order chi connectivity index (χ1) is 7.61. The van der Waals surface area contributed by atoms with Crippen molar-refractivity contribution in [2.24, 2.45) is 11.7 Å². The Labute approximate surface area is 96.4 Å². The number of nitrogens with zero attached hydrogens (tertiary/aromatic N) is 3. The Bertz CT molecular complexity index is 364. The predicted octanol–water partition coefficient (Wildman–Crippen LogP) is 1.31. The Hall–Kier alpha value is -1.10. The van der Waals surface area contributed by atoms with Crippen molar-refractivity contribution in [1.82, 2.24) is 14.8 Å². The smallest absolute Gasteiger partial charge is 0.224 e. The van der Waals surface area contributed by atoms with Crippen LogP contribution in [0.2, 0.25) is 0 Å². The third-order valence-electron chi connectivity index (χ3n) is 3.31. The molecule has 1 fully saturated rings. The standard InChI is InChI=1S/C11H21N5/c1-4-13-10-15-14-9(16(10)5-2)11(3,12)8-6-7-8/h8H,4-7,12H2,1-3H3,(H,13,15). The molecule has 1 aliphatic rings. The highest BCUT2D eigenvalue weighted by atomic mass is 15.4. The molecule has 5 heteroatoms. The summed E-state index contributed by atoms with van der Waals surface area (Å²) in [6.45, 7) is 7.91. The quantitative estimate of drug-likeness (QED) is 0.789. The average molecular weight is 223 g/mol. The van der Waals surface area contributed by atoms with Gasteiger partial charge < -0.3 is 11.1 Å². The van der Waals surface area contributed by atoms with Gasteiger partial charge in [-0.2, -0.15) is 0 Å². The van der Waals surface area contributed by atoms with E-state index in [1.165, 1.54) is 12.8 Å². The number of anilines is 1. The Kier molecular flexibility index (Phi) is 2.88. The number of hydrogen-bond donors (Lipinski definition) is 2. The van der Waals surface area contributed by atoms with Gasteiger partial charge in [0.2, 0.25) is 5.95 Å². The number of rotatable bonds is 5. The van der Waals surface area contributed by atoms with Gasteiger partial charge in [0.25, 0.3) is 0 Å². The van der Waals surface area contributed by atoms with E-state index in [9.17, 15) is 0 Å². The van der Waals surface area contributed by atoms with E-state index in [4.69, 9.17) is 5.73 Å². The molecule has 0 bridgehead atoms. The lowest BCUT2D eigenvalue weighted by atomic mass is 9.96. The topological polar surface area (TPSA) is 68.8 Å². The molecule has 1 aliphatic carbocycles. The van der Waals surface area contributed by atoms with Crippen molar-refractivity contribution in [3.63, 3.8) is 0 Å². The molecule has 90 valence electrons. The highest BCUT2D eigenvalue weighted by Crippen LogP contribution is 2.43. The minimum atomic E-state index is -0.337. The van der Waals surface area contributed by atoms with E-state index >= 15 is 0 Å². The van der Waals surface area contributed by atoms with Crippen molar-refractivity contribution >= 4 is 5.95 Å². The summed E-state index contributed by atoms with van der Waals surface area (Å²) in [6.07, 6.45) is 2.42. The SMILES string of the molecule is CCNc1nnc(C(C)(N)C2CC2)n1CC. The van der Waals surface area contributed by atoms with Crippen molar-refractivity contribution in [3.05, 3.63) is 5.82 Å². The first kappa shape index (κ1) is 11.4. The molecule has 5 nitrogen and oxygen atoms in total. The summed E-state index contributed by atoms with van der Waals surface area (Å²) in [5.74, 6) is 2.31. The van der Waals surface area contributed by atoms with Crippen molar-refractivity contribution in [3.8, 4) is 0 Å². The molecule has 3 N–H and O–H groups in total. The Balaban J connectivity index is 2.32. The largest absolute Gasteiger partial charge is 0.355 e. The van der Waals surface area contributed by atoms with E-state index < -0.39 is 0 Å². The zero-order chi connectivity index (χ0) is 11.8. The molecule has 1 saturated carbocycles. The molecule has 0 aromatic carbocycles. The van der Waals surface area contributed by atoms with E-state index in [1.54, 1.807) is 0 Å². The fourth-order valence-electron chi connectivity index (χ4n) is 2.16. The molecule has 1 unspecified atom stereocenters. The molecule has 1 aromatic rings. The number of aromatic nitrogens is 3. The summed E-state index contributed by atoms with van der Waals surface area (Å²) < 4.78 is 2.09. The molecule has 1 heterocycles. The van der Waals surface area contributed by atoms with Gasteiger partial charge in [-0.05, 0) is 39.5 Å². The molecule has 16 heavy (non-hydrogen) atoms. The minimum Gasteiger partial charge on any atom is -0.355 e. The average Bonchev–Trinajstić information content (AvgIpc) is 3.01. The minimum absolute atomic E-state index is 0.337. The van der Waals surface area contributed by atoms with Crippen LogP contribution in [0.3, 0.4) is 0 Å². The van der Waals surface area contributed by atoms with Crippen molar-refractivity contribution in [1.29, 1.82) is 0 Å². The van der Waals surface area contributed by atoms with Crippen LogP contribution in [0.1, 0.15) is 39.4 Å². The fourth-order valence-corrected chi connectivity index (χ4v) is 2.16. The van der Waals surface area contributed by atoms with Gasteiger partial charge >= 0.3 is 0 Å². The Morgan fingerprint density at radius 1 is 1.44 bits per heavy atom. The molecule has 0 saturated heterocycles. The molecule has 0 spiro atoms. The monoisotopic (exact) mass is 223 g/mol. The lowest BCUT2D eigenvalue weighted by molar-refractivity contribution is 0.382. The predicted molar refractivity (Wildman–Crippen MR) is 64.1 cm³/mol. The van der Waals surface area contributed by atoms with Gasteiger partial charge in [-0.1, -0.05) is 0 Å². The molecule has 0 aliphatic heterocycles. The second-order valence-electron chi connectivity index (χ2n) is 4.68. The Morgan fingerprint density at radius 2 is 2.12 bits per heavy atom. The maximum Gasteiger partial charge on any atom is 0.224 e. The van der Waals surface area contributed by atoms with Gasteiger partial charge in [-0.3, -0.25) is 4.57 Å². The molecule has 0 amide bonds. The van der Waals surface area contributed by atoms with E-state index in [0.717, 1.165) is 24.9 Å². The van der Waals surface area contributed by atoms with E-state index in [1.807, 2.05) is 0 Å². The summed E-state index contributed by atoms with van der Waals surface area (Å²) in [4.78, 5) is 0. The fraction of sp³-hybridized carbons (Fsp3) is 0.818. The maximum absolute atomic E-state index is 6.38. The van der Waals surface area contributed by atoms with Crippen LogP contribution in [-0.2, 0) is 12.1 Å². The van der Waals surface area contributed by atoms with Gasteiger partial charge in [0.15, 0.2) is 5.82 Å². The Morgan fingerprint density at radius 3 is 2.62 bits per heavy atom. The van der Waals surface area contributed by atoms with E-state index in [-0.39, 0.29) is 5.54 Å². The van der Waals surface area contributed by atoms with Crippen LogP contribution >= 0.6 is 0 Å². The molecular weight excluding hydrogens is 202 g/mol. The van der Waals surface area contributed by atoms with Gasteiger partial charge in [-0.15, -0.1) is 10.2 Å². The summed E-state index contributed by atoms with van der Waals surface area (Å²) in [5.41, 5.74) is 6.04. The summed E-state index contributed by atoms with van der Waals surface area (Å²) in [7, 11) is 0. The van der Waals surface area contributed by atoms with Crippen LogP contribution in [0, 0.1) is 5.92 Å². The number of nitrogens with two attached hydrogens (primary N) is 1. The molecule has 0 radical (unpaired) electrons. The summed E-state index contributed by atoms with van der Waals surface area (Å²) in [6, 6.07) is 0. The normalized spacial score (nSPS) is 19.5. The maximum atomic E-state index is 6.38. The van der Waals surface area contributed by atoms with E-state index in [2.05, 4.69) is 40.9 Å². The first-order valence-corrected chi connectivity index (χ1v) is 6.07. The van der Waals surface area contributed by atoms with Gasteiger partial charge in [0.1, 0.15) is 0 Å². The molecule has 2 rings (SSSR count). The number of nitrogens with one attached hydrogen (secondary N) is 1. The van der Waals surface area contributed by atoms with Gasteiger partial charge in [0, 0.05) is 13.1 Å². The zero-order valence-electron chi connectivity index (χ0n) is 10.3. The third-order valence-corrected chi connectivity index (χ3v) is 3.31. The van der Waals surface area contributed by atoms with E-state index in [0.29, 0.717) is 5.92 Å². The van der Waals surface area contributed by atoms with Crippen LogP contribution in [0.15, 0.2) is 0 Å². The highest BCUT2D eigenvalue weighted by molar-refractivity contribution is 5.28. The lowest BCUT2D eigenvalue weighted by Crippen LogP contribution is -2.38. The first-order valence-electron chi connectivity index (χ1n) is 6.07. The van der Waals surface area contributed by atoms with Gasteiger partial charge in [0.05, 0.1) is 5.54 Å². The lowest BCUT2D eigenvalue weighted by Gasteiger charge is -2.24. The van der Waals surface area contributed by atoms with Crippen LogP contribution < -0.4 is 11.1 Å². The molecular formula is C11H21N5. The van der Waals surface area contributed by atoms with Crippen molar-refractivity contribution in [2.45, 2.75) is 45.7 Å². The zero-order valence-corrected chi connectivity index (χ0v) is 10.3. The molecule has 1 aromatic heterocycles. The summed E-state index contributed by atoms with van der Waals surface area (Å²) in [5, 5.41) is 11.7. The van der Waals surface area contributed by atoms with Crippen LogP contribution in [0.5, 0.6) is 0 Å². The van der Waals surface area contributed by atoms with Crippen LogP contribution in [0.4, 0.5) is 5.95 Å². The second kappa shape index (κ2) is 4.05. The summed E-state index contributed by atoms with van der Waals surface area (Å²) >= 11 is 0. The van der Waals surface area contributed by atoms with Crippen molar-refractivity contribution < 1.29 is 0 Å². The van der Waals surface area contributed by atoms with Gasteiger partial charge in [-0.25, -0.2) is 0 Å². The van der Waals surface area contributed by atoms with Crippen LogP contribution in [0.25, 0.3) is 0 Å². The van der Waals surface area contributed by atoms with Crippen LogP contribution in [-0.4, -0.2) is 21.3 Å².